The first-order valence-corrected chi connectivity index (χ1v) is 6.53. The van der Waals surface area contributed by atoms with E-state index in [1.54, 1.807) is 0 Å². The average molecular weight is 233 g/mol. The first kappa shape index (κ1) is 12.6. The third-order valence-corrected chi connectivity index (χ3v) is 3.87. The van der Waals surface area contributed by atoms with Crippen LogP contribution in [-0.2, 0) is 6.42 Å². The topological polar surface area (TPSA) is 32.3 Å². The van der Waals surface area contributed by atoms with Crippen LogP contribution in [-0.4, -0.2) is 24.3 Å². The summed E-state index contributed by atoms with van der Waals surface area (Å²) < 4.78 is 0. The fraction of sp³-hybridized carbons (Fsp3) is 0.600. The number of hydrogen-bond acceptors (Lipinski definition) is 2. The zero-order valence-electron chi connectivity index (χ0n) is 11.1. The minimum Gasteiger partial charge on any atom is -0.393 e. The van der Waals surface area contributed by atoms with E-state index in [4.69, 9.17) is 0 Å². The molecule has 0 saturated carbocycles. The number of aliphatic hydroxyl groups is 1. The second kappa shape index (κ2) is 5.19. The first-order chi connectivity index (χ1) is 8.08. The lowest BCUT2D eigenvalue weighted by Gasteiger charge is -2.29. The Morgan fingerprint density at radius 2 is 1.88 bits per heavy atom. The summed E-state index contributed by atoms with van der Waals surface area (Å²) in [5.41, 5.74) is 5.47. The van der Waals surface area contributed by atoms with Crippen molar-refractivity contribution in [1.82, 2.24) is 5.32 Å². The van der Waals surface area contributed by atoms with Crippen LogP contribution < -0.4 is 5.32 Å². The van der Waals surface area contributed by atoms with Gasteiger partial charge in [0, 0.05) is 12.5 Å². The largest absolute Gasteiger partial charge is 0.393 e. The molecule has 0 radical (unpaired) electrons. The molecule has 2 unspecified atom stereocenters. The summed E-state index contributed by atoms with van der Waals surface area (Å²) in [4.78, 5) is 0. The Kier molecular flexibility index (Phi) is 3.85. The van der Waals surface area contributed by atoms with Gasteiger partial charge in [0.25, 0.3) is 0 Å². The molecular weight excluding hydrogens is 210 g/mol. The summed E-state index contributed by atoms with van der Waals surface area (Å²) in [7, 11) is 0. The summed E-state index contributed by atoms with van der Waals surface area (Å²) in [5.74, 6) is 0.365. The van der Waals surface area contributed by atoms with Crippen molar-refractivity contribution < 1.29 is 5.11 Å². The van der Waals surface area contributed by atoms with E-state index in [0.717, 1.165) is 25.9 Å². The third-order valence-electron chi connectivity index (χ3n) is 3.87. The summed E-state index contributed by atoms with van der Waals surface area (Å²) in [6.07, 6.45) is 1.73. The molecule has 0 amide bonds. The van der Waals surface area contributed by atoms with E-state index in [9.17, 15) is 5.11 Å². The highest BCUT2D eigenvalue weighted by molar-refractivity contribution is 5.37. The Morgan fingerprint density at radius 1 is 1.24 bits per heavy atom. The van der Waals surface area contributed by atoms with Gasteiger partial charge in [-0.3, -0.25) is 0 Å². The molecule has 0 aromatic heterocycles. The van der Waals surface area contributed by atoms with Gasteiger partial charge in [-0.1, -0.05) is 17.7 Å². The highest BCUT2D eigenvalue weighted by atomic mass is 16.3. The van der Waals surface area contributed by atoms with E-state index in [1.807, 2.05) is 0 Å². The Hall–Kier alpha value is -0.860. The molecule has 0 spiro atoms. The zero-order valence-corrected chi connectivity index (χ0v) is 11.1. The maximum absolute atomic E-state index is 10.0. The maximum atomic E-state index is 10.0. The molecule has 1 fully saturated rings. The zero-order chi connectivity index (χ0) is 12.4. The molecule has 2 atom stereocenters. The molecule has 94 valence electrons. The van der Waals surface area contributed by atoms with Crippen molar-refractivity contribution in [2.24, 2.45) is 5.92 Å². The lowest BCUT2D eigenvalue weighted by molar-refractivity contribution is 0.0790. The smallest absolute Gasteiger partial charge is 0.0595 e. The van der Waals surface area contributed by atoms with Crippen LogP contribution >= 0.6 is 0 Å². The van der Waals surface area contributed by atoms with Crippen molar-refractivity contribution in [3.8, 4) is 0 Å². The Labute approximate surface area is 104 Å². The second-order valence-electron chi connectivity index (χ2n) is 5.40. The number of hydrogen-bond donors (Lipinski definition) is 2. The van der Waals surface area contributed by atoms with Crippen LogP contribution in [0.15, 0.2) is 12.1 Å². The summed E-state index contributed by atoms with van der Waals surface area (Å²) >= 11 is 0. The minimum absolute atomic E-state index is 0.142. The van der Waals surface area contributed by atoms with Gasteiger partial charge in [0.1, 0.15) is 0 Å². The molecule has 0 bridgehead atoms. The van der Waals surface area contributed by atoms with E-state index in [1.165, 1.54) is 22.3 Å². The highest BCUT2D eigenvalue weighted by Crippen LogP contribution is 2.23. The van der Waals surface area contributed by atoms with Gasteiger partial charge in [0.2, 0.25) is 0 Å². The molecular formula is C15H23NO. The van der Waals surface area contributed by atoms with Crippen LogP contribution in [0.4, 0.5) is 0 Å². The monoisotopic (exact) mass is 233 g/mol. The van der Waals surface area contributed by atoms with E-state index < -0.39 is 0 Å². The van der Waals surface area contributed by atoms with Crippen molar-refractivity contribution in [2.75, 3.05) is 13.1 Å². The molecule has 1 heterocycles. The van der Waals surface area contributed by atoms with Crippen molar-refractivity contribution in [3.05, 3.63) is 34.4 Å². The Balaban J connectivity index is 2.17. The molecule has 2 nitrogen and oxygen atoms in total. The number of aryl methyl sites for hydroxylation is 3. The summed E-state index contributed by atoms with van der Waals surface area (Å²) in [6, 6.07) is 4.48. The average Bonchev–Trinajstić information content (AvgIpc) is 2.25. The van der Waals surface area contributed by atoms with Gasteiger partial charge in [-0.05, 0) is 56.8 Å². The number of benzene rings is 1. The molecule has 2 N–H and O–H groups in total. The quantitative estimate of drug-likeness (QED) is 0.820. The van der Waals surface area contributed by atoms with Crippen LogP contribution in [0, 0.1) is 26.7 Å². The van der Waals surface area contributed by atoms with Crippen molar-refractivity contribution >= 4 is 0 Å². The predicted molar refractivity (Wildman–Crippen MR) is 71.3 cm³/mol. The predicted octanol–water partition coefficient (Wildman–Crippen LogP) is 2.12. The molecule has 2 rings (SSSR count). The Morgan fingerprint density at radius 3 is 2.47 bits per heavy atom. The van der Waals surface area contributed by atoms with Gasteiger partial charge in [0.15, 0.2) is 0 Å². The lowest BCUT2D eigenvalue weighted by atomic mass is 9.86. The van der Waals surface area contributed by atoms with Crippen molar-refractivity contribution in [2.45, 2.75) is 39.7 Å². The third kappa shape index (κ3) is 2.88. The fourth-order valence-corrected chi connectivity index (χ4v) is 2.91. The fourth-order valence-electron chi connectivity index (χ4n) is 2.91. The molecule has 1 aromatic carbocycles. The molecule has 1 aromatic rings. The molecule has 1 aliphatic heterocycles. The molecule has 2 heteroatoms. The van der Waals surface area contributed by atoms with Crippen LogP contribution in [0.2, 0.25) is 0 Å². The van der Waals surface area contributed by atoms with Crippen LogP contribution in [0.3, 0.4) is 0 Å². The SMILES string of the molecule is Cc1cc(C)c(CC2CNCCC2O)c(C)c1. The van der Waals surface area contributed by atoms with Crippen LogP contribution in [0.5, 0.6) is 0 Å². The van der Waals surface area contributed by atoms with Gasteiger partial charge >= 0.3 is 0 Å². The van der Waals surface area contributed by atoms with E-state index >= 15 is 0 Å². The molecule has 17 heavy (non-hydrogen) atoms. The molecule has 0 aliphatic carbocycles. The normalized spacial score (nSPS) is 24.9. The van der Waals surface area contributed by atoms with Crippen LogP contribution in [0.1, 0.15) is 28.7 Å². The highest BCUT2D eigenvalue weighted by Gasteiger charge is 2.23. The maximum Gasteiger partial charge on any atom is 0.0595 e. The van der Waals surface area contributed by atoms with Crippen LogP contribution in [0.25, 0.3) is 0 Å². The number of rotatable bonds is 2. The number of piperidine rings is 1. The summed E-state index contributed by atoms with van der Waals surface area (Å²) in [5, 5.41) is 13.4. The number of aliphatic hydroxyl groups excluding tert-OH is 1. The number of nitrogens with one attached hydrogen (secondary N) is 1. The summed E-state index contributed by atoms with van der Waals surface area (Å²) in [6.45, 7) is 8.38. The first-order valence-electron chi connectivity index (χ1n) is 6.53. The van der Waals surface area contributed by atoms with Gasteiger partial charge < -0.3 is 10.4 Å². The Bertz CT molecular complexity index is 377. The molecule has 1 saturated heterocycles. The second-order valence-corrected chi connectivity index (χ2v) is 5.40. The lowest BCUT2D eigenvalue weighted by Crippen LogP contribution is -2.41. The van der Waals surface area contributed by atoms with Crippen molar-refractivity contribution in [3.63, 3.8) is 0 Å². The van der Waals surface area contributed by atoms with E-state index in [2.05, 4.69) is 38.2 Å². The standard InChI is InChI=1S/C15H23NO/c1-10-6-11(2)14(12(3)7-10)8-13-9-16-5-4-15(13)17/h6-7,13,15-17H,4-5,8-9H2,1-3H3. The van der Waals surface area contributed by atoms with Gasteiger partial charge in [-0.25, -0.2) is 0 Å². The van der Waals surface area contributed by atoms with E-state index in [-0.39, 0.29) is 6.10 Å². The van der Waals surface area contributed by atoms with Gasteiger partial charge in [-0.2, -0.15) is 0 Å². The van der Waals surface area contributed by atoms with Gasteiger partial charge in [-0.15, -0.1) is 0 Å². The van der Waals surface area contributed by atoms with Gasteiger partial charge in [0.05, 0.1) is 6.10 Å². The van der Waals surface area contributed by atoms with E-state index in [0.29, 0.717) is 5.92 Å². The molecule has 1 aliphatic rings. The minimum atomic E-state index is -0.142. The van der Waals surface area contributed by atoms with Crippen molar-refractivity contribution in [1.29, 1.82) is 0 Å².